The molecule has 3 nitrogen and oxygen atoms in total. The van der Waals surface area contributed by atoms with Gasteiger partial charge in [-0.25, -0.2) is 0 Å². The molecule has 0 amide bonds. The number of nitrogens with two attached hydrogens (primary N) is 2. The molecule has 0 radical (unpaired) electrons. The highest BCUT2D eigenvalue weighted by molar-refractivity contribution is 5.03. The van der Waals surface area contributed by atoms with Gasteiger partial charge in [-0.1, -0.05) is 13.3 Å². The van der Waals surface area contributed by atoms with Crippen molar-refractivity contribution in [2.45, 2.75) is 19.8 Å². The molecular formula is C9H18N2O. The Labute approximate surface area is 73.8 Å². The molecule has 12 heavy (non-hydrogen) atoms. The predicted octanol–water partition coefficient (Wildman–Crippen LogP) is 0.808. The molecule has 0 saturated carbocycles. The second-order valence-corrected chi connectivity index (χ2v) is 3.36. The second-order valence-electron chi connectivity index (χ2n) is 3.36. The van der Waals surface area contributed by atoms with Gasteiger partial charge in [0.15, 0.2) is 0 Å². The Morgan fingerprint density at radius 3 is 2.92 bits per heavy atom. The van der Waals surface area contributed by atoms with Crippen LogP contribution in [-0.4, -0.2) is 13.2 Å². The van der Waals surface area contributed by atoms with Crippen molar-refractivity contribution in [2.75, 3.05) is 13.2 Å². The van der Waals surface area contributed by atoms with Crippen molar-refractivity contribution in [1.29, 1.82) is 0 Å². The number of rotatable bonds is 3. The number of hydrogen-bond donors (Lipinski definition) is 2. The molecule has 70 valence electrons. The zero-order chi connectivity index (χ0) is 8.97. The van der Waals surface area contributed by atoms with Crippen molar-refractivity contribution in [2.24, 2.45) is 23.3 Å². The van der Waals surface area contributed by atoms with Crippen LogP contribution in [0, 0.1) is 11.8 Å². The van der Waals surface area contributed by atoms with Crippen LogP contribution in [0.3, 0.4) is 0 Å². The largest absolute Gasteiger partial charge is 0.403 e. The van der Waals surface area contributed by atoms with Crippen LogP contribution in [0.4, 0.5) is 0 Å². The highest BCUT2D eigenvalue weighted by atomic mass is 16.5. The highest BCUT2D eigenvalue weighted by Crippen LogP contribution is 2.28. The molecule has 2 atom stereocenters. The molecule has 2 unspecified atom stereocenters. The summed E-state index contributed by atoms with van der Waals surface area (Å²) in [6.07, 6.45) is 3.86. The van der Waals surface area contributed by atoms with Gasteiger partial charge in [0, 0.05) is 17.8 Å². The minimum Gasteiger partial charge on any atom is -0.403 e. The summed E-state index contributed by atoms with van der Waals surface area (Å²) in [6.45, 7) is 3.76. The van der Waals surface area contributed by atoms with E-state index in [0.29, 0.717) is 11.8 Å². The summed E-state index contributed by atoms with van der Waals surface area (Å²) in [7, 11) is 0. The average molecular weight is 170 g/mol. The van der Waals surface area contributed by atoms with E-state index < -0.39 is 0 Å². The monoisotopic (exact) mass is 170 g/mol. The van der Waals surface area contributed by atoms with Crippen LogP contribution in [0.5, 0.6) is 0 Å². The van der Waals surface area contributed by atoms with Crippen molar-refractivity contribution in [3.05, 3.63) is 11.9 Å². The molecule has 1 heterocycles. The number of hydrogen-bond acceptors (Lipinski definition) is 3. The topological polar surface area (TPSA) is 61.3 Å². The molecule has 1 rings (SSSR count). The first kappa shape index (κ1) is 9.39. The fourth-order valence-electron chi connectivity index (χ4n) is 1.75. The van der Waals surface area contributed by atoms with Crippen LogP contribution in [0.1, 0.15) is 19.8 Å². The zero-order valence-corrected chi connectivity index (χ0v) is 7.62. The summed E-state index contributed by atoms with van der Waals surface area (Å²) >= 11 is 0. The van der Waals surface area contributed by atoms with Gasteiger partial charge in [-0.3, -0.25) is 0 Å². The third-order valence-corrected chi connectivity index (χ3v) is 2.48. The molecule has 1 saturated heterocycles. The molecule has 3 heteroatoms. The van der Waals surface area contributed by atoms with Gasteiger partial charge in [0.2, 0.25) is 0 Å². The maximum absolute atomic E-state index is 5.76. The van der Waals surface area contributed by atoms with E-state index in [9.17, 15) is 0 Å². The second kappa shape index (κ2) is 4.36. The lowest BCUT2D eigenvalue weighted by atomic mass is 9.90. The van der Waals surface area contributed by atoms with Crippen molar-refractivity contribution >= 4 is 0 Å². The lowest BCUT2D eigenvalue weighted by molar-refractivity contribution is 0.181. The average Bonchev–Trinajstić information content (AvgIpc) is 2.52. The van der Waals surface area contributed by atoms with Gasteiger partial charge in [-0.15, -0.1) is 0 Å². The number of ether oxygens (including phenoxy) is 1. The van der Waals surface area contributed by atoms with E-state index in [4.69, 9.17) is 16.2 Å². The summed E-state index contributed by atoms with van der Waals surface area (Å²) in [6, 6.07) is 0. The van der Waals surface area contributed by atoms with E-state index in [0.717, 1.165) is 18.9 Å². The van der Waals surface area contributed by atoms with E-state index in [1.165, 1.54) is 19.0 Å². The van der Waals surface area contributed by atoms with E-state index in [-0.39, 0.29) is 0 Å². The first-order chi connectivity index (χ1) is 5.79. The van der Waals surface area contributed by atoms with Gasteiger partial charge >= 0.3 is 0 Å². The van der Waals surface area contributed by atoms with Crippen LogP contribution in [-0.2, 0) is 4.74 Å². The van der Waals surface area contributed by atoms with Crippen LogP contribution in [0.2, 0.25) is 0 Å². The normalized spacial score (nSPS) is 30.9. The first-order valence-electron chi connectivity index (χ1n) is 4.54. The van der Waals surface area contributed by atoms with E-state index in [1.54, 1.807) is 0 Å². The maximum atomic E-state index is 5.76. The molecule has 0 aliphatic carbocycles. The molecule has 0 aromatic heterocycles. The lowest BCUT2D eigenvalue weighted by Gasteiger charge is -2.16. The standard InChI is InChI=1S/C9H18N2O/c1-2-3-7-5-12-6-8(7)9(11)4-10/h4,7-8H,2-3,5-6,10-11H2,1H3/b9-4-. The van der Waals surface area contributed by atoms with Crippen molar-refractivity contribution in [3.63, 3.8) is 0 Å². The molecule has 1 aliphatic heterocycles. The van der Waals surface area contributed by atoms with Crippen LogP contribution >= 0.6 is 0 Å². The van der Waals surface area contributed by atoms with Crippen molar-refractivity contribution < 1.29 is 4.74 Å². The Balaban J connectivity index is 2.51. The summed E-state index contributed by atoms with van der Waals surface area (Å²) in [4.78, 5) is 0. The van der Waals surface area contributed by atoms with Gasteiger partial charge in [-0.05, 0) is 12.3 Å². The first-order valence-corrected chi connectivity index (χ1v) is 4.54. The Hall–Kier alpha value is -0.700. The summed E-state index contributed by atoms with van der Waals surface area (Å²) in [5.41, 5.74) is 11.9. The SMILES string of the molecule is CCCC1COCC1/C(N)=C/N. The van der Waals surface area contributed by atoms with Gasteiger partial charge in [-0.2, -0.15) is 0 Å². The Morgan fingerprint density at radius 1 is 1.58 bits per heavy atom. The molecule has 4 N–H and O–H groups in total. The van der Waals surface area contributed by atoms with Crippen LogP contribution in [0.15, 0.2) is 11.9 Å². The third kappa shape index (κ3) is 1.91. The smallest absolute Gasteiger partial charge is 0.0553 e. The van der Waals surface area contributed by atoms with E-state index in [2.05, 4.69) is 6.92 Å². The predicted molar refractivity (Wildman–Crippen MR) is 49.2 cm³/mol. The Bertz CT molecular complexity index is 168. The molecule has 0 bridgehead atoms. The summed E-state index contributed by atoms with van der Waals surface area (Å²) in [5, 5.41) is 0. The van der Waals surface area contributed by atoms with Gasteiger partial charge < -0.3 is 16.2 Å². The van der Waals surface area contributed by atoms with Crippen LogP contribution in [0.25, 0.3) is 0 Å². The van der Waals surface area contributed by atoms with E-state index in [1.807, 2.05) is 0 Å². The maximum Gasteiger partial charge on any atom is 0.0553 e. The van der Waals surface area contributed by atoms with Crippen molar-refractivity contribution in [1.82, 2.24) is 0 Å². The molecule has 0 aromatic carbocycles. The lowest BCUT2D eigenvalue weighted by Crippen LogP contribution is -2.21. The van der Waals surface area contributed by atoms with E-state index >= 15 is 0 Å². The van der Waals surface area contributed by atoms with Gasteiger partial charge in [0.05, 0.1) is 13.2 Å². The Morgan fingerprint density at radius 2 is 2.33 bits per heavy atom. The fraction of sp³-hybridized carbons (Fsp3) is 0.778. The van der Waals surface area contributed by atoms with Gasteiger partial charge in [0.1, 0.15) is 0 Å². The highest BCUT2D eigenvalue weighted by Gasteiger charge is 2.28. The van der Waals surface area contributed by atoms with Crippen molar-refractivity contribution in [3.8, 4) is 0 Å². The minimum absolute atomic E-state index is 0.356. The third-order valence-electron chi connectivity index (χ3n) is 2.48. The molecule has 0 spiro atoms. The summed E-state index contributed by atoms with van der Waals surface area (Å²) < 4.78 is 5.37. The zero-order valence-electron chi connectivity index (χ0n) is 7.62. The minimum atomic E-state index is 0.356. The Kier molecular flexibility index (Phi) is 3.41. The molecular weight excluding hydrogens is 152 g/mol. The molecule has 1 fully saturated rings. The quantitative estimate of drug-likeness (QED) is 0.659. The molecule has 1 aliphatic rings. The van der Waals surface area contributed by atoms with Gasteiger partial charge in [0.25, 0.3) is 0 Å². The van der Waals surface area contributed by atoms with Crippen LogP contribution < -0.4 is 11.5 Å². The molecule has 0 aromatic rings. The fourth-order valence-corrected chi connectivity index (χ4v) is 1.75. The summed E-state index contributed by atoms with van der Waals surface area (Å²) in [5.74, 6) is 0.935.